The van der Waals surface area contributed by atoms with Crippen molar-refractivity contribution in [3.05, 3.63) is 24.8 Å². The number of allylic oxidation sites excluding steroid dienone is 1. The normalized spacial score (nSPS) is 45.4. The highest BCUT2D eigenvalue weighted by molar-refractivity contribution is 5.87. The van der Waals surface area contributed by atoms with Gasteiger partial charge < -0.3 is 25.8 Å². The molecule has 4 saturated heterocycles. The third-order valence-electron chi connectivity index (χ3n) is 12.2. The standard InChI is InChI=1S/C34H53F2N7O2/c1-4-29(44)41-12-13-42(27-17-26(27)41)32-23-16-25(36)31-22-15-21(9-10-24(22)35)37-11-7-5-6-8-20-14-28(30(19(2)3)38-18-20)43(33(23)39-31)34(45)40-32/h4-6,19-28,30-33,37-39H,1,7-18H2,2-3H3,(H,40,45). The van der Waals surface area contributed by atoms with Crippen molar-refractivity contribution in [3.63, 3.8) is 0 Å². The second-order valence-electron chi connectivity index (χ2n) is 15.2. The van der Waals surface area contributed by atoms with Gasteiger partial charge in [-0.3, -0.25) is 15.0 Å². The smallest absolute Gasteiger partial charge is 0.320 e. The maximum absolute atomic E-state index is 16.5. The Morgan fingerprint density at radius 3 is 2.62 bits per heavy atom. The number of piperidine rings is 2. The summed E-state index contributed by atoms with van der Waals surface area (Å²) in [4.78, 5) is 33.1. The second-order valence-corrected chi connectivity index (χ2v) is 15.2. The number of fused-ring (bicyclic) bond motifs is 8. The minimum atomic E-state index is -1.22. The molecule has 3 amide bonds. The molecule has 45 heavy (non-hydrogen) atoms. The molecule has 7 rings (SSSR count). The van der Waals surface area contributed by atoms with Crippen LogP contribution < -0.4 is 21.3 Å². The second kappa shape index (κ2) is 12.8. The highest BCUT2D eigenvalue weighted by Gasteiger charge is 2.59. The van der Waals surface area contributed by atoms with Gasteiger partial charge in [0.15, 0.2) is 0 Å². The Kier molecular flexibility index (Phi) is 9.00. The van der Waals surface area contributed by atoms with Gasteiger partial charge in [-0.15, -0.1) is 0 Å². The predicted molar refractivity (Wildman–Crippen MR) is 170 cm³/mol. The van der Waals surface area contributed by atoms with Crippen LogP contribution in [0.25, 0.3) is 0 Å². The Labute approximate surface area is 266 Å². The van der Waals surface area contributed by atoms with E-state index in [1.807, 2.05) is 9.80 Å². The number of hydrogen-bond acceptors (Lipinski definition) is 6. The maximum Gasteiger partial charge on any atom is 0.320 e. The number of hydrogen-bond donors (Lipinski definition) is 4. The van der Waals surface area contributed by atoms with E-state index in [2.05, 4.69) is 58.7 Å². The summed E-state index contributed by atoms with van der Waals surface area (Å²) in [6.45, 7) is 11.0. The highest BCUT2D eigenvalue weighted by Crippen LogP contribution is 2.45. The van der Waals surface area contributed by atoms with Gasteiger partial charge in [-0.25, -0.2) is 13.6 Å². The van der Waals surface area contributed by atoms with Crippen molar-refractivity contribution in [3.8, 4) is 0 Å². The summed E-state index contributed by atoms with van der Waals surface area (Å²) in [6, 6.07) is -0.326. The molecule has 13 unspecified atom stereocenters. The molecule has 0 aromatic heterocycles. The molecule has 13 atom stereocenters. The molecule has 7 aliphatic rings. The first kappa shape index (κ1) is 31.5. The molecule has 5 heterocycles. The van der Waals surface area contributed by atoms with Crippen LogP contribution >= 0.6 is 0 Å². The van der Waals surface area contributed by atoms with Gasteiger partial charge in [0.05, 0.1) is 18.4 Å². The third kappa shape index (κ3) is 5.95. The van der Waals surface area contributed by atoms with Crippen molar-refractivity contribution in [1.82, 2.24) is 36.0 Å². The lowest BCUT2D eigenvalue weighted by Crippen LogP contribution is -2.79. The predicted octanol–water partition coefficient (Wildman–Crippen LogP) is 2.90. The van der Waals surface area contributed by atoms with Crippen LogP contribution in [-0.2, 0) is 4.79 Å². The number of carbonyl (C=O) groups is 2. The molecule has 0 aromatic carbocycles. The largest absolute Gasteiger partial charge is 0.333 e. The van der Waals surface area contributed by atoms with Crippen molar-refractivity contribution >= 4 is 11.9 Å². The van der Waals surface area contributed by atoms with E-state index in [1.54, 1.807) is 0 Å². The minimum Gasteiger partial charge on any atom is -0.333 e. The topological polar surface area (TPSA) is 92.0 Å². The summed E-state index contributed by atoms with van der Waals surface area (Å²) in [5.74, 6) is -0.0200. The number of amides is 3. The lowest BCUT2D eigenvalue weighted by Gasteiger charge is -2.58. The SMILES string of the molecule is C=CC(=O)N1CCN(C2NC(=O)N3C4CC(CC=CCCNC5CCC(F)C(C5)C5NC3C2CC5F)CNC4C(C)C)C2CC21. The van der Waals surface area contributed by atoms with Gasteiger partial charge in [0.1, 0.15) is 12.3 Å². The first-order valence-corrected chi connectivity index (χ1v) is 17.7. The maximum atomic E-state index is 16.5. The van der Waals surface area contributed by atoms with Crippen molar-refractivity contribution in [1.29, 1.82) is 0 Å². The molecule has 0 radical (unpaired) electrons. The summed E-state index contributed by atoms with van der Waals surface area (Å²) in [5.41, 5.74) is 0. The Balaban J connectivity index is 1.23. The summed E-state index contributed by atoms with van der Waals surface area (Å²) in [6.07, 6.45) is 8.54. The fourth-order valence-electron chi connectivity index (χ4n) is 9.87. The van der Waals surface area contributed by atoms with Gasteiger partial charge in [-0.05, 0) is 82.4 Å². The Morgan fingerprint density at radius 2 is 1.82 bits per heavy atom. The Bertz CT molecular complexity index is 1160. The van der Waals surface area contributed by atoms with Crippen molar-refractivity contribution in [2.24, 2.45) is 23.7 Å². The van der Waals surface area contributed by atoms with Crippen LogP contribution in [0.15, 0.2) is 24.8 Å². The number of piperazine rings is 1. The van der Waals surface area contributed by atoms with Gasteiger partial charge in [0.25, 0.3) is 0 Å². The van der Waals surface area contributed by atoms with Crippen LogP contribution in [0.3, 0.4) is 0 Å². The average molecular weight is 630 g/mol. The van der Waals surface area contributed by atoms with Crippen LogP contribution in [0.5, 0.6) is 0 Å². The number of nitrogens with zero attached hydrogens (tertiary/aromatic N) is 3. The van der Waals surface area contributed by atoms with Gasteiger partial charge in [0, 0.05) is 55.1 Å². The number of nitrogens with one attached hydrogen (secondary N) is 4. The Hall–Kier alpha value is -2.08. The fourth-order valence-corrected chi connectivity index (χ4v) is 9.87. The van der Waals surface area contributed by atoms with Gasteiger partial charge in [0.2, 0.25) is 5.91 Å². The van der Waals surface area contributed by atoms with E-state index in [-0.39, 0.29) is 60.7 Å². The van der Waals surface area contributed by atoms with Crippen LogP contribution in [0.2, 0.25) is 0 Å². The van der Waals surface area contributed by atoms with Crippen LogP contribution in [-0.4, -0.2) is 114 Å². The monoisotopic (exact) mass is 629 g/mol. The van der Waals surface area contributed by atoms with Crippen LogP contribution in [0, 0.1) is 23.7 Å². The molecule has 0 spiro atoms. The zero-order valence-corrected chi connectivity index (χ0v) is 26.9. The van der Waals surface area contributed by atoms with Gasteiger partial charge in [-0.1, -0.05) is 32.6 Å². The van der Waals surface area contributed by atoms with Crippen LogP contribution in [0.1, 0.15) is 65.2 Å². The van der Waals surface area contributed by atoms with E-state index in [4.69, 9.17) is 0 Å². The summed E-state index contributed by atoms with van der Waals surface area (Å²) < 4.78 is 32.2. The number of urea groups is 1. The molecule has 2 saturated carbocycles. The quantitative estimate of drug-likeness (QED) is 0.284. The molecule has 2 aliphatic carbocycles. The Morgan fingerprint density at radius 1 is 0.978 bits per heavy atom. The summed E-state index contributed by atoms with van der Waals surface area (Å²) in [7, 11) is 0. The lowest BCUT2D eigenvalue weighted by molar-refractivity contribution is -0.130. The van der Waals surface area contributed by atoms with Crippen molar-refractivity contribution in [2.75, 3.05) is 26.2 Å². The molecule has 6 bridgehead atoms. The number of halogens is 2. The van der Waals surface area contributed by atoms with Gasteiger partial charge in [-0.2, -0.15) is 0 Å². The van der Waals surface area contributed by atoms with E-state index in [9.17, 15) is 9.59 Å². The average Bonchev–Trinajstić information content (AvgIpc) is 3.83. The molecule has 5 aliphatic heterocycles. The molecule has 11 heteroatoms. The fraction of sp³-hybridized carbons (Fsp3) is 0.824. The minimum absolute atomic E-state index is 0.0560. The number of alkyl halides is 2. The molecule has 250 valence electrons. The van der Waals surface area contributed by atoms with Crippen molar-refractivity contribution < 1.29 is 18.4 Å². The molecular formula is C34H53F2N7O2. The van der Waals surface area contributed by atoms with E-state index in [0.29, 0.717) is 37.8 Å². The molecule has 0 aromatic rings. The molecule has 9 nitrogen and oxygen atoms in total. The number of rotatable bonds is 3. The van der Waals surface area contributed by atoms with E-state index >= 15 is 8.78 Å². The first-order chi connectivity index (χ1) is 21.7. The summed E-state index contributed by atoms with van der Waals surface area (Å²) in [5, 5.41) is 14.5. The van der Waals surface area contributed by atoms with Crippen molar-refractivity contribution in [2.45, 2.75) is 126 Å². The first-order valence-electron chi connectivity index (χ1n) is 17.7. The van der Waals surface area contributed by atoms with E-state index < -0.39 is 30.5 Å². The highest BCUT2D eigenvalue weighted by atomic mass is 19.1. The molecular weight excluding hydrogens is 576 g/mol. The van der Waals surface area contributed by atoms with Gasteiger partial charge >= 0.3 is 6.03 Å². The molecule has 6 fully saturated rings. The van der Waals surface area contributed by atoms with E-state index in [0.717, 1.165) is 45.2 Å². The van der Waals surface area contributed by atoms with Crippen LogP contribution in [0.4, 0.5) is 13.6 Å². The zero-order chi connectivity index (χ0) is 31.4. The zero-order valence-electron chi connectivity index (χ0n) is 26.9. The lowest BCUT2D eigenvalue weighted by atomic mass is 9.73. The van der Waals surface area contributed by atoms with E-state index in [1.165, 1.54) is 6.08 Å². The third-order valence-corrected chi connectivity index (χ3v) is 12.2. The molecule has 4 N–H and O–H groups in total. The number of carbonyl (C=O) groups excluding carboxylic acids is 2. The summed E-state index contributed by atoms with van der Waals surface area (Å²) >= 11 is 0.